The van der Waals surface area contributed by atoms with E-state index in [2.05, 4.69) is 23.0 Å². The smallest absolute Gasteiger partial charge is 0.166 e. The van der Waals surface area contributed by atoms with Gasteiger partial charge >= 0.3 is 0 Å². The van der Waals surface area contributed by atoms with E-state index in [9.17, 15) is 0 Å². The molecule has 2 aromatic rings. The SMILES string of the molecule is CC(N)CCCCSc1nc2ccccc2[nH]1. The van der Waals surface area contributed by atoms with Gasteiger partial charge in [-0.25, -0.2) is 4.98 Å². The fourth-order valence-electron chi connectivity index (χ4n) is 1.73. The molecule has 0 amide bonds. The van der Waals surface area contributed by atoms with Gasteiger partial charge in [-0.2, -0.15) is 0 Å². The van der Waals surface area contributed by atoms with Crippen molar-refractivity contribution >= 4 is 22.8 Å². The molecule has 0 fully saturated rings. The number of aromatic nitrogens is 2. The second-order valence-electron chi connectivity index (χ2n) is 4.38. The van der Waals surface area contributed by atoms with Gasteiger partial charge in [-0.3, -0.25) is 0 Å². The second kappa shape index (κ2) is 6.07. The molecule has 0 saturated heterocycles. The van der Waals surface area contributed by atoms with Gasteiger partial charge in [0.15, 0.2) is 5.16 Å². The van der Waals surface area contributed by atoms with Crippen LogP contribution in [0.5, 0.6) is 0 Å². The first-order valence-corrected chi connectivity index (χ1v) is 7.07. The van der Waals surface area contributed by atoms with Gasteiger partial charge in [0, 0.05) is 11.8 Å². The summed E-state index contributed by atoms with van der Waals surface area (Å²) in [5.74, 6) is 1.10. The van der Waals surface area contributed by atoms with Crippen LogP contribution in [-0.4, -0.2) is 21.8 Å². The highest BCUT2D eigenvalue weighted by molar-refractivity contribution is 7.99. The summed E-state index contributed by atoms with van der Waals surface area (Å²) in [7, 11) is 0. The molecule has 4 heteroatoms. The number of rotatable bonds is 6. The van der Waals surface area contributed by atoms with E-state index in [1.165, 1.54) is 12.8 Å². The van der Waals surface area contributed by atoms with E-state index >= 15 is 0 Å². The van der Waals surface area contributed by atoms with Crippen LogP contribution in [0, 0.1) is 0 Å². The third-order valence-corrected chi connectivity index (χ3v) is 3.62. The highest BCUT2D eigenvalue weighted by Gasteiger charge is 2.02. The summed E-state index contributed by atoms with van der Waals surface area (Å²) in [6.45, 7) is 2.06. The Bertz CT molecular complexity index is 431. The molecular formula is C13H19N3S. The molecule has 17 heavy (non-hydrogen) atoms. The summed E-state index contributed by atoms with van der Waals surface area (Å²) >= 11 is 1.79. The lowest BCUT2D eigenvalue weighted by molar-refractivity contribution is 0.618. The summed E-state index contributed by atoms with van der Waals surface area (Å²) in [4.78, 5) is 7.85. The fourth-order valence-corrected chi connectivity index (χ4v) is 2.62. The molecule has 1 unspecified atom stereocenters. The second-order valence-corrected chi connectivity index (χ2v) is 5.46. The van der Waals surface area contributed by atoms with Crippen molar-refractivity contribution in [2.45, 2.75) is 37.4 Å². The Morgan fingerprint density at radius 3 is 2.94 bits per heavy atom. The maximum absolute atomic E-state index is 5.71. The van der Waals surface area contributed by atoms with E-state index in [1.807, 2.05) is 18.2 Å². The van der Waals surface area contributed by atoms with Gasteiger partial charge in [0.2, 0.25) is 0 Å². The predicted octanol–water partition coefficient (Wildman–Crippen LogP) is 3.17. The topological polar surface area (TPSA) is 54.7 Å². The van der Waals surface area contributed by atoms with Crippen molar-refractivity contribution in [1.82, 2.24) is 9.97 Å². The van der Waals surface area contributed by atoms with E-state index in [-0.39, 0.29) is 0 Å². The van der Waals surface area contributed by atoms with E-state index in [0.29, 0.717) is 6.04 Å². The fraction of sp³-hybridized carbons (Fsp3) is 0.462. The molecule has 2 rings (SSSR count). The summed E-state index contributed by atoms with van der Waals surface area (Å²) < 4.78 is 0. The number of benzene rings is 1. The number of nitrogens with two attached hydrogens (primary N) is 1. The number of hydrogen-bond donors (Lipinski definition) is 2. The number of H-pyrrole nitrogens is 1. The van der Waals surface area contributed by atoms with Gasteiger partial charge in [-0.1, -0.05) is 30.3 Å². The van der Waals surface area contributed by atoms with Gasteiger partial charge in [0.05, 0.1) is 11.0 Å². The summed E-state index contributed by atoms with van der Waals surface area (Å²) in [5, 5.41) is 1.02. The van der Waals surface area contributed by atoms with Crippen LogP contribution < -0.4 is 5.73 Å². The van der Waals surface area contributed by atoms with Gasteiger partial charge < -0.3 is 10.7 Å². The van der Waals surface area contributed by atoms with Crippen LogP contribution in [0.1, 0.15) is 26.2 Å². The molecule has 0 radical (unpaired) electrons. The van der Waals surface area contributed by atoms with E-state index in [0.717, 1.165) is 28.4 Å². The van der Waals surface area contributed by atoms with Crippen molar-refractivity contribution in [3.63, 3.8) is 0 Å². The van der Waals surface area contributed by atoms with Crippen LogP contribution in [0.25, 0.3) is 11.0 Å². The van der Waals surface area contributed by atoms with E-state index in [1.54, 1.807) is 11.8 Å². The normalized spacial score (nSPS) is 13.1. The monoisotopic (exact) mass is 249 g/mol. The molecule has 1 aromatic carbocycles. The first-order chi connectivity index (χ1) is 8.25. The molecule has 0 aliphatic carbocycles. The summed E-state index contributed by atoms with van der Waals surface area (Å²) in [5.41, 5.74) is 7.87. The molecule has 0 aliphatic rings. The molecular weight excluding hydrogens is 230 g/mol. The van der Waals surface area contributed by atoms with Crippen molar-refractivity contribution in [3.8, 4) is 0 Å². The van der Waals surface area contributed by atoms with Crippen molar-refractivity contribution < 1.29 is 0 Å². The maximum atomic E-state index is 5.71. The average molecular weight is 249 g/mol. The van der Waals surface area contributed by atoms with E-state index < -0.39 is 0 Å². The number of aromatic amines is 1. The van der Waals surface area contributed by atoms with E-state index in [4.69, 9.17) is 5.73 Å². The standard InChI is InChI=1S/C13H19N3S/c1-10(14)6-4-5-9-17-13-15-11-7-2-3-8-12(11)16-13/h2-3,7-8,10H,4-6,9,14H2,1H3,(H,15,16). The number of hydrogen-bond acceptors (Lipinski definition) is 3. The molecule has 92 valence electrons. The number of nitrogens with one attached hydrogen (secondary N) is 1. The number of nitrogens with zero attached hydrogens (tertiary/aromatic N) is 1. The van der Waals surface area contributed by atoms with Crippen LogP contribution in [0.3, 0.4) is 0 Å². The Balaban J connectivity index is 1.79. The maximum Gasteiger partial charge on any atom is 0.166 e. The van der Waals surface area contributed by atoms with Crippen LogP contribution in [0.15, 0.2) is 29.4 Å². The first kappa shape index (κ1) is 12.5. The lowest BCUT2D eigenvalue weighted by Crippen LogP contribution is -2.13. The molecule has 0 spiro atoms. The van der Waals surface area contributed by atoms with Crippen molar-refractivity contribution in [3.05, 3.63) is 24.3 Å². The van der Waals surface area contributed by atoms with Crippen molar-refractivity contribution in [1.29, 1.82) is 0 Å². The minimum absolute atomic E-state index is 0.325. The van der Waals surface area contributed by atoms with Gasteiger partial charge in [0.25, 0.3) is 0 Å². The van der Waals surface area contributed by atoms with Crippen molar-refractivity contribution in [2.75, 3.05) is 5.75 Å². The minimum Gasteiger partial charge on any atom is -0.333 e. The highest BCUT2D eigenvalue weighted by atomic mass is 32.2. The zero-order valence-corrected chi connectivity index (χ0v) is 11.0. The largest absolute Gasteiger partial charge is 0.333 e. The van der Waals surface area contributed by atoms with Gasteiger partial charge in [-0.15, -0.1) is 0 Å². The molecule has 1 atom stereocenters. The molecule has 3 nitrogen and oxygen atoms in total. The van der Waals surface area contributed by atoms with Crippen LogP contribution in [0.2, 0.25) is 0 Å². The zero-order valence-electron chi connectivity index (χ0n) is 10.1. The van der Waals surface area contributed by atoms with Crippen LogP contribution in [-0.2, 0) is 0 Å². The minimum atomic E-state index is 0.325. The average Bonchev–Trinajstić information content (AvgIpc) is 2.70. The number of thioether (sulfide) groups is 1. The number of imidazole rings is 1. The molecule has 1 heterocycles. The van der Waals surface area contributed by atoms with Gasteiger partial charge in [-0.05, 0) is 31.9 Å². The van der Waals surface area contributed by atoms with Crippen LogP contribution >= 0.6 is 11.8 Å². The Morgan fingerprint density at radius 1 is 1.35 bits per heavy atom. The Hall–Kier alpha value is -1.00. The molecule has 0 saturated carbocycles. The van der Waals surface area contributed by atoms with Gasteiger partial charge in [0.1, 0.15) is 0 Å². The number of unbranched alkanes of at least 4 members (excludes halogenated alkanes) is 1. The third-order valence-electron chi connectivity index (χ3n) is 2.66. The molecule has 0 bridgehead atoms. The van der Waals surface area contributed by atoms with Crippen molar-refractivity contribution in [2.24, 2.45) is 5.73 Å². The van der Waals surface area contributed by atoms with Crippen LogP contribution in [0.4, 0.5) is 0 Å². The zero-order chi connectivity index (χ0) is 12.1. The predicted molar refractivity (Wildman–Crippen MR) is 74.3 cm³/mol. The third kappa shape index (κ3) is 3.75. The number of para-hydroxylation sites is 2. The Morgan fingerprint density at radius 2 is 2.18 bits per heavy atom. The summed E-state index contributed by atoms with van der Waals surface area (Å²) in [6, 6.07) is 8.46. The lowest BCUT2D eigenvalue weighted by atomic mass is 10.2. The summed E-state index contributed by atoms with van der Waals surface area (Å²) in [6.07, 6.45) is 3.51. The Labute approximate surface area is 106 Å². The number of fused-ring (bicyclic) bond motifs is 1. The molecule has 3 N–H and O–H groups in total. The molecule has 1 aromatic heterocycles. The quantitative estimate of drug-likeness (QED) is 0.610. The Kier molecular flexibility index (Phi) is 4.45. The first-order valence-electron chi connectivity index (χ1n) is 6.09. The lowest BCUT2D eigenvalue weighted by Gasteiger charge is -2.03. The molecule has 0 aliphatic heterocycles. The highest BCUT2D eigenvalue weighted by Crippen LogP contribution is 2.20.